The molecule has 0 spiro atoms. The molecule has 1 aliphatic heterocycles. The fourth-order valence-electron chi connectivity index (χ4n) is 4.19. The third kappa shape index (κ3) is 6.42. The summed E-state index contributed by atoms with van der Waals surface area (Å²) < 4.78 is 129. The van der Waals surface area contributed by atoms with E-state index in [1.165, 1.54) is 12.1 Å². The Labute approximate surface area is 227 Å². The molecule has 2 amide bonds. The van der Waals surface area contributed by atoms with E-state index in [2.05, 4.69) is 5.32 Å². The van der Waals surface area contributed by atoms with E-state index >= 15 is 0 Å². The summed E-state index contributed by atoms with van der Waals surface area (Å²) in [6.45, 7) is 4.06. The van der Waals surface area contributed by atoms with Gasteiger partial charge in [-0.05, 0) is 68.7 Å². The Morgan fingerprint density at radius 1 is 0.950 bits per heavy atom. The molecular weight excluding hydrogens is 583 g/mol. The molecule has 220 valence electrons. The fourth-order valence-corrected chi connectivity index (χ4v) is 4.43. The van der Waals surface area contributed by atoms with E-state index < -0.39 is 71.2 Å². The van der Waals surface area contributed by atoms with Gasteiger partial charge in [-0.2, -0.15) is 39.5 Å². The molecule has 0 radical (unpaired) electrons. The Hall–Kier alpha value is -3.16. The van der Waals surface area contributed by atoms with Crippen LogP contribution in [0.4, 0.5) is 50.0 Å². The van der Waals surface area contributed by atoms with Gasteiger partial charge in [0.25, 0.3) is 0 Å². The van der Waals surface area contributed by atoms with Gasteiger partial charge in [-0.1, -0.05) is 17.7 Å². The molecule has 0 bridgehead atoms. The highest BCUT2D eigenvalue weighted by atomic mass is 35.5. The smallest absolute Gasteiger partial charge is 0.416 e. The van der Waals surface area contributed by atoms with Crippen molar-refractivity contribution in [3.8, 4) is 0 Å². The number of amides is 2. The summed E-state index contributed by atoms with van der Waals surface area (Å²) >= 11 is 6.19. The highest BCUT2D eigenvalue weighted by Gasteiger charge is 2.66. The van der Waals surface area contributed by atoms with Crippen LogP contribution in [-0.4, -0.2) is 30.3 Å². The number of hydrogen-bond acceptors (Lipinski definition) is 3. The zero-order chi connectivity index (χ0) is 30.5. The number of anilines is 1. The second-order valence-corrected chi connectivity index (χ2v) is 10.4. The SMILES string of the molecule is CC(C)(C)OC(=O)NCc1ccc(N2CCC(c3cc(C(F)(F)F)cc(C(F)(F)F)c3)(C(F)(F)F)C2=O)cc1Cl. The number of nitrogens with zero attached hydrogens (tertiary/aromatic N) is 1. The standard InChI is InChI=1S/C25H22ClF9N2O3/c1-21(2,3)40-20(39)36-12-13-4-5-17(11-18(13)26)37-7-6-22(19(37)38,25(33,34)35)14-8-15(23(27,28)29)10-16(9-14)24(30,31)32/h4-5,8-11H,6-7,12H2,1-3H3,(H,36,39). The van der Waals surface area contributed by atoms with Gasteiger partial charge in [-0.15, -0.1) is 0 Å². The van der Waals surface area contributed by atoms with Gasteiger partial charge in [0.05, 0.1) is 11.1 Å². The van der Waals surface area contributed by atoms with Gasteiger partial charge in [0.15, 0.2) is 5.41 Å². The van der Waals surface area contributed by atoms with Gasteiger partial charge in [0.2, 0.25) is 5.91 Å². The zero-order valence-electron chi connectivity index (χ0n) is 21.0. The Morgan fingerprint density at radius 2 is 1.50 bits per heavy atom. The van der Waals surface area contributed by atoms with Crippen molar-refractivity contribution in [2.75, 3.05) is 11.4 Å². The van der Waals surface area contributed by atoms with Crippen molar-refractivity contribution in [1.29, 1.82) is 0 Å². The number of alkyl carbamates (subject to hydrolysis) is 1. The largest absolute Gasteiger partial charge is 0.444 e. The highest BCUT2D eigenvalue weighted by Crippen LogP contribution is 2.51. The summed E-state index contributed by atoms with van der Waals surface area (Å²) in [7, 11) is 0. The van der Waals surface area contributed by atoms with E-state index in [1.54, 1.807) is 20.8 Å². The summed E-state index contributed by atoms with van der Waals surface area (Å²) in [6, 6.07) is 3.11. The second kappa shape index (κ2) is 10.3. The fraction of sp³-hybridized carbons (Fsp3) is 0.440. The van der Waals surface area contributed by atoms with Gasteiger partial charge in [0, 0.05) is 23.8 Å². The lowest BCUT2D eigenvalue weighted by molar-refractivity contribution is -0.191. The second-order valence-electron chi connectivity index (χ2n) is 10.0. The first kappa shape index (κ1) is 31.4. The molecule has 1 fully saturated rings. The number of carbonyl (C=O) groups is 2. The lowest BCUT2D eigenvalue weighted by Gasteiger charge is -2.32. The van der Waals surface area contributed by atoms with Crippen molar-refractivity contribution in [2.45, 2.75) is 63.3 Å². The number of hydrogen-bond donors (Lipinski definition) is 1. The van der Waals surface area contributed by atoms with Gasteiger partial charge in [0.1, 0.15) is 5.60 Å². The predicted octanol–water partition coefficient (Wildman–Crippen LogP) is 7.64. The quantitative estimate of drug-likeness (QED) is 0.365. The van der Waals surface area contributed by atoms with Crippen LogP contribution < -0.4 is 10.2 Å². The first-order valence-electron chi connectivity index (χ1n) is 11.5. The van der Waals surface area contributed by atoms with Gasteiger partial charge in [-0.25, -0.2) is 4.79 Å². The van der Waals surface area contributed by atoms with Crippen LogP contribution in [0.5, 0.6) is 0 Å². The first-order chi connectivity index (χ1) is 18.1. The summed E-state index contributed by atoms with van der Waals surface area (Å²) in [5, 5.41) is 2.35. The van der Waals surface area contributed by atoms with Crippen LogP contribution in [-0.2, 0) is 33.8 Å². The van der Waals surface area contributed by atoms with Crippen LogP contribution in [0, 0.1) is 0 Å². The number of ether oxygens (including phenoxy) is 1. The topological polar surface area (TPSA) is 58.6 Å². The molecule has 5 nitrogen and oxygen atoms in total. The molecule has 1 aliphatic rings. The maximum atomic E-state index is 14.4. The number of nitrogens with one attached hydrogen (secondary N) is 1. The van der Waals surface area contributed by atoms with Crippen molar-refractivity contribution in [1.82, 2.24) is 5.32 Å². The monoisotopic (exact) mass is 604 g/mol. The van der Waals surface area contributed by atoms with E-state index in [0.29, 0.717) is 4.90 Å². The lowest BCUT2D eigenvalue weighted by atomic mass is 9.77. The molecule has 1 saturated heterocycles. The average molecular weight is 605 g/mol. The van der Waals surface area contributed by atoms with Crippen molar-refractivity contribution in [2.24, 2.45) is 0 Å². The Morgan fingerprint density at radius 3 is 1.95 bits per heavy atom. The van der Waals surface area contributed by atoms with Crippen molar-refractivity contribution in [3.63, 3.8) is 0 Å². The molecular formula is C25H22ClF9N2O3. The molecule has 1 N–H and O–H groups in total. The van der Waals surface area contributed by atoms with E-state index in [0.717, 1.165) is 6.07 Å². The Balaban J connectivity index is 2.00. The molecule has 3 rings (SSSR count). The van der Waals surface area contributed by atoms with Crippen molar-refractivity contribution in [3.05, 3.63) is 63.7 Å². The molecule has 40 heavy (non-hydrogen) atoms. The molecule has 15 heteroatoms. The molecule has 1 heterocycles. The molecule has 0 saturated carbocycles. The van der Waals surface area contributed by atoms with E-state index in [4.69, 9.17) is 16.3 Å². The van der Waals surface area contributed by atoms with Gasteiger partial charge >= 0.3 is 24.6 Å². The molecule has 0 aromatic heterocycles. The minimum Gasteiger partial charge on any atom is -0.444 e. The summed E-state index contributed by atoms with van der Waals surface area (Å²) in [5.41, 5.74) is -9.78. The van der Waals surface area contributed by atoms with Crippen molar-refractivity contribution < 1.29 is 53.8 Å². The summed E-state index contributed by atoms with van der Waals surface area (Å²) in [6.07, 6.45) is -18.3. The highest BCUT2D eigenvalue weighted by molar-refractivity contribution is 6.31. The van der Waals surface area contributed by atoms with E-state index in [-0.39, 0.29) is 41.0 Å². The third-order valence-electron chi connectivity index (χ3n) is 6.06. The third-order valence-corrected chi connectivity index (χ3v) is 6.41. The van der Waals surface area contributed by atoms with Gasteiger partial charge in [-0.3, -0.25) is 4.79 Å². The predicted molar refractivity (Wildman–Crippen MR) is 126 cm³/mol. The zero-order valence-corrected chi connectivity index (χ0v) is 21.8. The Bertz CT molecular complexity index is 1270. The number of halogens is 10. The Kier molecular flexibility index (Phi) is 8.11. The normalized spacial score (nSPS) is 18.7. The number of carbonyl (C=O) groups excluding carboxylic acids is 2. The number of rotatable bonds is 4. The first-order valence-corrected chi connectivity index (χ1v) is 11.9. The van der Waals surface area contributed by atoms with Crippen LogP contribution in [0.25, 0.3) is 0 Å². The van der Waals surface area contributed by atoms with Crippen LogP contribution in [0.15, 0.2) is 36.4 Å². The molecule has 2 aromatic carbocycles. The summed E-state index contributed by atoms with van der Waals surface area (Å²) in [4.78, 5) is 25.7. The van der Waals surface area contributed by atoms with Crippen molar-refractivity contribution >= 4 is 29.3 Å². The average Bonchev–Trinajstić information content (AvgIpc) is 3.13. The van der Waals surface area contributed by atoms with Crippen LogP contribution in [0.2, 0.25) is 5.02 Å². The molecule has 1 atom stereocenters. The molecule has 1 unspecified atom stereocenters. The van der Waals surface area contributed by atoms with Crippen LogP contribution >= 0.6 is 11.6 Å². The van der Waals surface area contributed by atoms with E-state index in [9.17, 15) is 49.1 Å². The number of benzene rings is 2. The maximum absolute atomic E-state index is 14.4. The van der Waals surface area contributed by atoms with Crippen LogP contribution in [0.3, 0.4) is 0 Å². The van der Waals surface area contributed by atoms with Gasteiger partial charge < -0.3 is 15.0 Å². The number of alkyl halides is 9. The molecule has 2 aromatic rings. The molecule has 0 aliphatic carbocycles. The summed E-state index contributed by atoms with van der Waals surface area (Å²) in [5.74, 6) is -1.76. The lowest BCUT2D eigenvalue weighted by Crippen LogP contribution is -2.49. The van der Waals surface area contributed by atoms with Crippen LogP contribution in [0.1, 0.15) is 49.4 Å². The maximum Gasteiger partial charge on any atom is 0.416 e. The minimum atomic E-state index is -5.55. The van der Waals surface area contributed by atoms with E-state index in [1.807, 2.05) is 0 Å². The minimum absolute atomic E-state index is 0.0794.